The van der Waals surface area contributed by atoms with E-state index in [2.05, 4.69) is 103 Å². The van der Waals surface area contributed by atoms with E-state index in [0.29, 0.717) is 19.1 Å². The van der Waals surface area contributed by atoms with E-state index in [1.807, 2.05) is 6.07 Å². The number of amides is 1. The first kappa shape index (κ1) is 29.1. The molecule has 0 saturated carbocycles. The molecule has 37 heavy (non-hydrogen) atoms. The number of hydrogen-bond acceptors (Lipinski definition) is 4. The van der Waals surface area contributed by atoms with Gasteiger partial charge < -0.3 is 10.2 Å². The SMILES string of the molecule is CCCCC(CCC)NNC(/C=C/CNCC(=O)N1CCCCC1c1ccccc1)c1ccc(C)cc1. The number of likely N-dealkylation sites (tertiary alicyclic amines) is 1. The Labute approximate surface area is 225 Å². The second-order valence-electron chi connectivity index (χ2n) is 10.4. The molecule has 5 heteroatoms. The molecule has 3 N–H and O–H groups in total. The minimum Gasteiger partial charge on any atom is -0.335 e. The molecule has 2 aromatic rings. The highest BCUT2D eigenvalue weighted by molar-refractivity contribution is 5.79. The van der Waals surface area contributed by atoms with E-state index in [-0.39, 0.29) is 18.0 Å². The molecule has 3 rings (SSSR count). The zero-order valence-electron chi connectivity index (χ0n) is 23.2. The maximum Gasteiger partial charge on any atom is 0.237 e. The van der Waals surface area contributed by atoms with Gasteiger partial charge in [-0.25, -0.2) is 5.43 Å². The molecule has 1 heterocycles. The van der Waals surface area contributed by atoms with Gasteiger partial charge in [-0.3, -0.25) is 10.2 Å². The number of nitrogens with one attached hydrogen (secondary N) is 3. The van der Waals surface area contributed by atoms with Crippen LogP contribution >= 0.6 is 0 Å². The fraction of sp³-hybridized carbons (Fsp3) is 0.531. The van der Waals surface area contributed by atoms with Crippen molar-refractivity contribution < 1.29 is 4.79 Å². The smallest absolute Gasteiger partial charge is 0.237 e. The fourth-order valence-electron chi connectivity index (χ4n) is 5.13. The molecule has 1 amide bonds. The fourth-order valence-corrected chi connectivity index (χ4v) is 5.13. The van der Waals surface area contributed by atoms with Gasteiger partial charge in [0, 0.05) is 19.1 Å². The van der Waals surface area contributed by atoms with Gasteiger partial charge in [0.2, 0.25) is 5.91 Å². The summed E-state index contributed by atoms with van der Waals surface area (Å²) in [5.74, 6) is 0.190. The van der Waals surface area contributed by atoms with E-state index in [4.69, 9.17) is 0 Å². The average Bonchev–Trinajstić information content (AvgIpc) is 2.94. The molecule has 0 spiro atoms. The van der Waals surface area contributed by atoms with Crippen LogP contribution in [0.2, 0.25) is 0 Å². The summed E-state index contributed by atoms with van der Waals surface area (Å²) in [7, 11) is 0. The zero-order valence-corrected chi connectivity index (χ0v) is 23.2. The van der Waals surface area contributed by atoms with E-state index in [1.54, 1.807) is 0 Å². The minimum absolute atomic E-state index is 0.0728. The van der Waals surface area contributed by atoms with Crippen LogP contribution in [0.1, 0.15) is 94.0 Å². The molecule has 0 radical (unpaired) electrons. The molecule has 3 unspecified atom stereocenters. The zero-order chi connectivity index (χ0) is 26.3. The first-order chi connectivity index (χ1) is 18.1. The normalized spacial score (nSPS) is 17.7. The van der Waals surface area contributed by atoms with Crippen LogP contribution in [0.4, 0.5) is 0 Å². The molecule has 5 nitrogen and oxygen atoms in total. The summed E-state index contributed by atoms with van der Waals surface area (Å²) >= 11 is 0. The molecule has 0 aromatic heterocycles. The van der Waals surface area contributed by atoms with Gasteiger partial charge in [-0.05, 0) is 50.2 Å². The predicted molar refractivity (Wildman–Crippen MR) is 155 cm³/mol. The topological polar surface area (TPSA) is 56.4 Å². The van der Waals surface area contributed by atoms with Crippen molar-refractivity contribution in [2.45, 2.75) is 90.3 Å². The van der Waals surface area contributed by atoms with Gasteiger partial charge in [0.15, 0.2) is 0 Å². The Morgan fingerprint density at radius 3 is 2.51 bits per heavy atom. The van der Waals surface area contributed by atoms with Crippen molar-refractivity contribution in [3.63, 3.8) is 0 Å². The molecule has 0 bridgehead atoms. The monoisotopic (exact) mass is 504 g/mol. The lowest BCUT2D eigenvalue weighted by Gasteiger charge is -2.36. The Balaban J connectivity index is 1.54. The first-order valence-electron chi connectivity index (χ1n) is 14.4. The van der Waals surface area contributed by atoms with Crippen LogP contribution in [0, 0.1) is 6.92 Å². The summed E-state index contributed by atoms with van der Waals surface area (Å²) in [4.78, 5) is 15.1. The van der Waals surface area contributed by atoms with Crippen LogP contribution in [0.15, 0.2) is 66.7 Å². The standard InChI is InChI=1S/C32H48N4O/c1-4-6-16-29(13-5-2)34-35-30(27-21-19-26(3)20-22-27)17-12-23-33-25-32(37)36-24-11-10-18-31(36)28-14-8-7-9-15-28/h7-9,12,14-15,17,19-22,29-31,33-35H,4-6,10-11,13,16,18,23-25H2,1-3H3/b17-12+. The van der Waals surface area contributed by atoms with Crippen molar-refractivity contribution in [2.75, 3.05) is 19.6 Å². The van der Waals surface area contributed by atoms with Gasteiger partial charge in [0.25, 0.3) is 0 Å². The Kier molecular flexibility index (Phi) is 12.9. The number of carbonyl (C=O) groups excluding carboxylic acids is 1. The van der Waals surface area contributed by atoms with Gasteiger partial charge in [0.1, 0.15) is 0 Å². The highest BCUT2D eigenvalue weighted by atomic mass is 16.2. The largest absolute Gasteiger partial charge is 0.335 e. The quantitative estimate of drug-likeness (QED) is 0.149. The first-order valence-corrected chi connectivity index (χ1v) is 14.4. The Morgan fingerprint density at radius 2 is 1.78 bits per heavy atom. The van der Waals surface area contributed by atoms with Crippen LogP contribution in [-0.4, -0.2) is 36.5 Å². The van der Waals surface area contributed by atoms with Crippen molar-refractivity contribution in [1.82, 2.24) is 21.1 Å². The third kappa shape index (κ3) is 9.73. The predicted octanol–water partition coefficient (Wildman–Crippen LogP) is 6.39. The summed E-state index contributed by atoms with van der Waals surface area (Å²) in [6.45, 7) is 8.49. The number of rotatable bonds is 15. The summed E-state index contributed by atoms with van der Waals surface area (Å²) in [6, 6.07) is 19.9. The molecule has 2 aromatic carbocycles. The van der Waals surface area contributed by atoms with Crippen LogP contribution in [0.5, 0.6) is 0 Å². The number of nitrogens with zero attached hydrogens (tertiary/aromatic N) is 1. The summed E-state index contributed by atoms with van der Waals surface area (Å²) in [6.07, 6.45) is 13.6. The van der Waals surface area contributed by atoms with E-state index >= 15 is 0 Å². The molecule has 3 atom stereocenters. The van der Waals surface area contributed by atoms with E-state index in [0.717, 1.165) is 19.4 Å². The number of carbonyl (C=O) groups is 1. The van der Waals surface area contributed by atoms with Crippen LogP contribution in [-0.2, 0) is 4.79 Å². The van der Waals surface area contributed by atoms with Gasteiger partial charge in [-0.2, -0.15) is 0 Å². The highest BCUT2D eigenvalue weighted by Crippen LogP contribution is 2.30. The third-order valence-corrected chi connectivity index (χ3v) is 7.30. The van der Waals surface area contributed by atoms with Gasteiger partial charge >= 0.3 is 0 Å². The minimum atomic E-state index is 0.0728. The van der Waals surface area contributed by atoms with Crippen LogP contribution in [0.3, 0.4) is 0 Å². The molecule has 1 aliphatic heterocycles. The van der Waals surface area contributed by atoms with Crippen molar-refractivity contribution >= 4 is 5.91 Å². The lowest BCUT2D eigenvalue weighted by molar-refractivity contribution is -0.134. The number of unbranched alkanes of at least 4 members (excludes halogenated alkanes) is 1. The molecular formula is C32H48N4O. The third-order valence-electron chi connectivity index (χ3n) is 7.30. The summed E-state index contributed by atoms with van der Waals surface area (Å²) < 4.78 is 0. The summed E-state index contributed by atoms with van der Waals surface area (Å²) in [5, 5.41) is 3.36. The van der Waals surface area contributed by atoms with Crippen molar-refractivity contribution in [1.29, 1.82) is 0 Å². The summed E-state index contributed by atoms with van der Waals surface area (Å²) in [5.41, 5.74) is 10.9. The van der Waals surface area contributed by atoms with E-state index in [1.165, 1.54) is 55.2 Å². The van der Waals surface area contributed by atoms with E-state index < -0.39 is 0 Å². The molecule has 1 fully saturated rings. The molecule has 1 saturated heterocycles. The second-order valence-corrected chi connectivity index (χ2v) is 10.4. The maximum atomic E-state index is 13.1. The van der Waals surface area contributed by atoms with E-state index in [9.17, 15) is 4.79 Å². The van der Waals surface area contributed by atoms with Crippen molar-refractivity contribution in [3.05, 3.63) is 83.4 Å². The molecule has 1 aliphatic rings. The number of piperidine rings is 1. The number of hydrazine groups is 1. The number of hydrogen-bond donors (Lipinski definition) is 3. The lowest BCUT2D eigenvalue weighted by atomic mass is 9.95. The Morgan fingerprint density at radius 1 is 1.00 bits per heavy atom. The van der Waals surface area contributed by atoms with Crippen molar-refractivity contribution in [3.8, 4) is 0 Å². The van der Waals surface area contributed by atoms with Crippen LogP contribution in [0.25, 0.3) is 0 Å². The number of benzene rings is 2. The molecule has 202 valence electrons. The van der Waals surface area contributed by atoms with Crippen molar-refractivity contribution in [2.24, 2.45) is 0 Å². The lowest BCUT2D eigenvalue weighted by Crippen LogP contribution is -2.43. The second kappa shape index (κ2) is 16.4. The Bertz CT molecular complexity index is 928. The van der Waals surface area contributed by atoms with Gasteiger partial charge in [-0.1, -0.05) is 105 Å². The molecule has 0 aliphatic carbocycles. The highest BCUT2D eigenvalue weighted by Gasteiger charge is 2.27. The van der Waals surface area contributed by atoms with Gasteiger partial charge in [-0.15, -0.1) is 0 Å². The van der Waals surface area contributed by atoms with Gasteiger partial charge in [0.05, 0.1) is 18.6 Å². The average molecular weight is 505 g/mol. The van der Waals surface area contributed by atoms with Crippen LogP contribution < -0.4 is 16.2 Å². The molecular weight excluding hydrogens is 456 g/mol. The Hall–Kier alpha value is -2.47. The maximum absolute atomic E-state index is 13.1. The number of aryl methyl sites for hydroxylation is 1.